The van der Waals surface area contributed by atoms with Crippen molar-refractivity contribution in [1.29, 1.82) is 0 Å². The minimum Gasteiger partial charge on any atom is -0.465 e. The first-order valence-corrected chi connectivity index (χ1v) is 8.59. The van der Waals surface area contributed by atoms with Gasteiger partial charge in [0.2, 0.25) is 0 Å². The lowest BCUT2D eigenvalue weighted by molar-refractivity contribution is 0.310. The van der Waals surface area contributed by atoms with E-state index in [-0.39, 0.29) is 0 Å². The van der Waals surface area contributed by atoms with Crippen molar-refractivity contribution in [3.63, 3.8) is 0 Å². The molecule has 0 amide bonds. The Morgan fingerprint density at radius 1 is 1.43 bits per heavy atom. The van der Waals surface area contributed by atoms with Gasteiger partial charge in [0, 0.05) is 18.7 Å². The molecule has 1 aromatic rings. The third kappa shape index (κ3) is 5.15. The number of nitrogens with zero attached hydrogens (tertiary/aromatic N) is 1. The van der Waals surface area contributed by atoms with Crippen LogP contribution in [0.2, 0.25) is 0 Å². The first kappa shape index (κ1) is 16.6. The maximum absolute atomic E-state index is 5.89. The Hall–Kier alpha value is -0.800. The Morgan fingerprint density at radius 2 is 2.24 bits per heavy atom. The molecule has 3 heteroatoms. The minimum absolute atomic E-state index is 0.681. The summed E-state index contributed by atoms with van der Waals surface area (Å²) in [6.45, 7) is 14.3. The van der Waals surface area contributed by atoms with Gasteiger partial charge in [-0.3, -0.25) is 4.90 Å². The highest BCUT2D eigenvalue weighted by atomic mass is 16.3. The normalized spacial score (nSPS) is 19.8. The molecule has 0 saturated carbocycles. The van der Waals surface area contributed by atoms with Crippen LogP contribution in [0.4, 0.5) is 0 Å². The predicted molar refractivity (Wildman–Crippen MR) is 88.3 cm³/mol. The predicted octanol–water partition coefficient (Wildman–Crippen LogP) is 3.96. The summed E-state index contributed by atoms with van der Waals surface area (Å²) in [6, 6.07) is 2.25. The lowest BCUT2D eigenvalue weighted by Crippen LogP contribution is -2.20. The third-order valence-corrected chi connectivity index (χ3v) is 4.38. The van der Waals surface area contributed by atoms with Crippen molar-refractivity contribution in [2.45, 2.75) is 60.0 Å². The maximum Gasteiger partial charge on any atom is 0.118 e. The molecule has 0 bridgehead atoms. The van der Waals surface area contributed by atoms with Crippen LogP contribution in [-0.4, -0.2) is 24.5 Å². The Balaban J connectivity index is 1.82. The summed E-state index contributed by atoms with van der Waals surface area (Å²) in [6.07, 6.45) is 4.06. The van der Waals surface area contributed by atoms with E-state index in [1.807, 2.05) is 0 Å². The molecule has 21 heavy (non-hydrogen) atoms. The quantitative estimate of drug-likeness (QED) is 0.786. The average molecular weight is 292 g/mol. The van der Waals surface area contributed by atoms with Gasteiger partial charge in [0.15, 0.2) is 0 Å². The summed E-state index contributed by atoms with van der Waals surface area (Å²) in [4.78, 5) is 2.59. The molecule has 0 aliphatic carbocycles. The Kier molecular flexibility index (Phi) is 6.31. The first-order chi connectivity index (χ1) is 10.1. The van der Waals surface area contributed by atoms with Gasteiger partial charge in [0.1, 0.15) is 11.5 Å². The smallest absolute Gasteiger partial charge is 0.118 e. The van der Waals surface area contributed by atoms with Crippen LogP contribution < -0.4 is 5.32 Å². The van der Waals surface area contributed by atoms with E-state index in [1.165, 1.54) is 37.9 Å². The number of nitrogens with one attached hydrogen (secondary N) is 1. The van der Waals surface area contributed by atoms with E-state index in [0.717, 1.165) is 37.1 Å². The highest BCUT2D eigenvalue weighted by molar-refractivity contribution is 5.21. The first-order valence-electron chi connectivity index (χ1n) is 8.59. The summed E-state index contributed by atoms with van der Waals surface area (Å²) >= 11 is 0. The standard InChI is InChI=1S/C18H32N2O/c1-5-6-16-7-8-20(12-16)13-17-9-18(21-15(17)4)11-19-10-14(2)3/h9,14,16,19H,5-8,10-13H2,1-4H3. The van der Waals surface area contributed by atoms with Crippen LogP contribution in [0.3, 0.4) is 0 Å². The van der Waals surface area contributed by atoms with Gasteiger partial charge in [-0.15, -0.1) is 0 Å². The number of hydrogen-bond acceptors (Lipinski definition) is 3. The van der Waals surface area contributed by atoms with E-state index < -0.39 is 0 Å². The Morgan fingerprint density at radius 3 is 2.95 bits per heavy atom. The molecule has 3 nitrogen and oxygen atoms in total. The molecule has 1 aliphatic rings. The Bertz CT molecular complexity index is 425. The summed E-state index contributed by atoms with van der Waals surface area (Å²) in [5.41, 5.74) is 1.37. The van der Waals surface area contributed by atoms with Crippen molar-refractivity contribution in [1.82, 2.24) is 10.2 Å². The van der Waals surface area contributed by atoms with Crippen molar-refractivity contribution < 1.29 is 4.42 Å². The van der Waals surface area contributed by atoms with Crippen LogP contribution in [0.25, 0.3) is 0 Å². The van der Waals surface area contributed by atoms with E-state index in [1.54, 1.807) is 0 Å². The number of rotatable bonds is 8. The topological polar surface area (TPSA) is 28.4 Å². The molecule has 0 aromatic carbocycles. The van der Waals surface area contributed by atoms with E-state index in [4.69, 9.17) is 4.42 Å². The van der Waals surface area contributed by atoms with Crippen LogP contribution >= 0.6 is 0 Å². The second-order valence-electron chi connectivity index (χ2n) is 7.00. The molecule has 2 heterocycles. The molecular formula is C18H32N2O. The van der Waals surface area contributed by atoms with E-state index in [0.29, 0.717) is 5.92 Å². The van der Waals surface area contributed by atoms with Crippen molar-refractivity contribution in [2.24, 2.45) is 11.8 Å². The molecule has 1 unspecified atom stereocenters. The fraction of sp³-hybridized carbons (Fsp3) is 0.778. The van der Waals surface area contributed by atoms with E-state index >= 15 is 0 Å². The fourth-order valence-electron chi connectivity index (χ4n) is 3.26. The van der Waals surface area contributed by atoms with Crippen LogP contribution in [0.1, 0.15) is 57.1 Å². The molecule has 1 atom stereocenters. The number of hydrogen-bond donors (Lipinski definition) is 1. The van der Waals surface area contributed by atoms with Gasteiger partial charge in [-0.2, -0.15) is 0 Å². The molecule has 1 aliphatic heterocycles. The molecule has 1 N–H and O–H groups in total. The van der Waals surface area contributed by atoms with Crippen LogP contribution in [0.15, 0.2) is 10.5 Å². The monoisotopic (exact) mass is 292 g/mol. The van der Waals surface area contributed by atoms with Gasteiger partial charge in [-0.05, 0) is 50.8 Å². The minimum atomic E-state index is 0.681. The van der Waals surface area contributed by atoms with E-state index in [2.05, 4.69) is 44.0 Å². The molecule has 0 radical (unpaired) electrons. The van der Waals surface area contributed by atoms with Crippen LogP contribution in [0, 0.1) is 18.8 Å². The van der Waals surface area contributed by atoms with Gasteiger partial charge in [-0.1, -0.05) is 27.2 Å². The highest BCUT2D eigenvalue weighted by Gasteiger charge is 2.22. The van der Waals surface area contributed by atoms with Gasteiger partial charge < -0.3 is 9.73 Å². The van der Waals surface area contributed by atoms with Crippen molar-refractivity contribution >= 4 is 0 Å². The molecule has 0 spiro atoms. The SMILES string of the molecule is CCCC1CCN(Cc2cc(CNCC(C)C)oc2C)C1. The maximum atomic E-state index is 5.89. The van der Waals surface area contributed by atoms with Gasteiger partial charge in [0.25, 0.3) is 0 Å². The van der Waals surface area contributed by atoms with Crippen molar-refractivity contribution in [3.05, 3.63) is 23.2 Å². The zero-order valence-electron chi connectivity index (χ0n) is 14.2. The second-order valence-corrected chi connectivity index (χ2v) is 7.00. The molecule has 120 valence electrons. The summed E-state index contributed by atoms with van der Waals surface area (Å²) in [7, 11) is 0. The number of furan rings is 1. The molecule has 2 rings (SSSR count). The molecule has 1 aromatic heterocycles. The van der Waals surface area contributed by atoms with Crippen LogP contribution in [0.5, 0.6) is 0 Å². The van der Waals surface area contributed by atoms with Crippen molar-refractivity contribution in [3.8, 4) is 0 Å². The summed E-state index contributed by atoms with van der Waals surface area (Å²) in [5.74, 6) is 3.76. The summed E-state index contributed by atoms with van der Waals surface area (Å²) < 4.78 is 5.89. The lowest BCUT2D eigenvalue weighted by Gasteiger charge is -2.15. The third-order valence-electron chi connectivity index (χ3n) is 4.38. The molecular weight excluding hydrogens is 260 g/mol. The lowest BCUT2D eigenvalue weighted by atomic mass is 10.0. The summed E-state index contributed by atoms with van der Waals surface area (Å²) in [5, 5.41) is 3.45. The van der Waals surface area contributed by atoms with Crippen molar-refractivity contribution in [2.75, 3.05) is 19.6 Å². The van der Waals surface area contributed by atoms with Gasteiger partial charge in [0.05, 0.1) is 6.54 Å². The second kappa shape index (κ2) is 8.00. The average Bonchev–Trinajstić information content (AvgIpc) is 2.98. The van der Waals surface area contributed by atoms with Gasteiger partial charge in [-0.25, -0.2) is 0 Å². The molecule has 1 saturated heterocycles. The largest absolute Gasteiger partial charge is 0.465 e. The zero-order valence-corrected chi connectivity index (χ0v) is 14.2. The van der Waals surface area contributed by atoms with Gasteiger partial charge >= 0.3 is 0 Å². The number of likely N-dealkylation sites (tertiary alicyclic amines) is 1. The highest BCUT2D eigenvalue weighted by Crippen LogP contribution is 2.24. The fourth-order valence-corrected chi connectivity index (χ4v) is 3.26. The molecule has 1 fully saturated rings. The van der Waals surface area contributed by atoms with Crippen LogP contribution in [-0.2, 0) is 13.1 Å². The Labute approximate surface area is 130 Å². The van der Waals surface area contributed by atoms with E-state index in [9.17, 15) is 0 Å². The number of aryl methyl sites for hydroxylation is 1. The zero-order chi connectivity index (χ0) is 15.2.